The van der Waals surface area contributed by atoms with Gasteiger partial charge >= 0.3 is 6.01 Å². The maximum absolute atomic E-state index is 5.76. The predicted molar refractivity (Wildman–Crippen MR) is 78.6 cm³/mol. The molecule has 0 radical (unpaired) electrons. The first-order valence-electron chi connectivity index (χ1n) is 6.45. The molecule has 1 aromatic heterocycles. The molecule has 5 heteroatoms. The van der Waals surface area contributed by atoms with Crippen LogP contribution < -0.4 is 5.73 Å². The van der Waals surface area contributed by atoms with Crippen molar-refractivity contribution in [3.63, 3.8) is 0 Å². The first-order valence-corrected chi connectivity index (χ1v) is 6.45. The molecule has 0 aliphatic heterocycles. The average Bonchev–Trinajstić information content (AvgIpc) is 2.89. The van der Waals surface area contributed by atoms with E-state index in [1.54, 1.807) is 6.92 Å². The zero-order valence-corrected chi connectivity index (χ0v) is 12.2. The predicted octanol–water partition coefficient (Wildman–Crippen LogP) is 3.47. The van der Waals surface area contributed by atoms with Gasteiger partial charge in [-0.1, -0.05) is 63.2 Å². The molecule has 104 valence electrons. The summed E-state index contributed by atoms with van der Waals surface area (Å²) in [5.41, 5.74) is 6.59. The number of aliphatic imine (C=N–C) groups is 1. The lowest BCUT2D eigenvalue weighted by Crippen LogP contribution is -2.12. The second-order valence-corrected chi connectivity index (χ2v) is 2.99. The van der Waals surface area contributed by atoms with Crippen molar-refractivity contribution < 1.29 is 4.52 Å². The van der Waals surface area contributed by atoms with Crippen LogP contribution in [-0.4, -0.2) is 16.0 Å². The van der Waals surface area contributed by atoms with E-state index < -0.39 is 0 Å². The van der Waals surface area contributed by atoms with E-state index in [4.69, 9.17) is 10.3 Å². The van der Waals surface area contributed by atoms with Crippen LogP contribution in [0.1, 0.15) is 39.1 Å². The Labute approximate surface area is 114 Å². The molecule has 1 heterocycles. The van der Waals surface area contributed by atoms with Gasteiger partial charge in [0.15, 0.2) is 5.82 Å². The molecule has 5 nitrogen and oxygen atoms in total. The Morgan fingerprint density at radius 3 is 2.16 bits per heavy atom. The molecule has 0 bridgehead atoms. The van der Waals surface area contributed by atoms with Crippen molar-refractivity contribution in [3.8, 4) is 0 Å². The molecule has 0 unspecified atom stereocenters. The van der Waals surface area contributed by atoms with Gasteiger partial charge in [-0.15, -0.1) is 0 Å². The number of amidine groups is 1. The largest absolute Gasteiger partial charge is 0.383 e. The summed E-state index contributed by atoms with van der Waals surface area (Å²) >= 11 is 0. The molecule has 0 saturated carbocycles. The van der Waals surface area contributed by atoms with E-state index in [9.17, 15) is 0 Å². The van der Waals surface area contributed by atoms with Crippen LogP contribution in [0.15, 0.2) is 39.8 Å². The maximum Gasteiger partial charge on any atom is 0.349 e. The summed E-state index contributed by atoms with van der Waals surface area (Å²) in [6.07, 6.45) is 0. The van der Waals surface area contributed by atoms with Gasteiger partial charge in [-0.3, -0.25) is 0 Å². The Bertz CT molecular complexity index is 477. The van der Waals surface area contributed by atoms with Gasteiger partial charge in [0.25, 0.3) is 0 Å². The van der Waals surface area contributed by atoms with E-state index >= 15 is 0 Å². The third kappa shape index (κ3) is 5.81. The van der Waals surface area contributed by atoms with Crippen LogP contribution in [0.3, 0.4) is 0 Å². The van der Waals surface area contributed by atoms with Gasteiger partial charge in [-0.05, 0) is 6.92 Å². The molecule has 0 fully saturated rings. The normalized spacial score (nSPS) is 9.84. The number of hydrogen-bond acceptors (Lipinski definition) is 4. The van der Waals surface area contributed by atoms with Crippen LogP contribution in [0.25, 0.3) is 0 Å². The highest BCUT2D eigenvalue weighted by Gasteiger charge is 2.02. The second kappa shape index (κ2) is 9.82. The van der Waals surface area contributed by atoms with Crippen molar-refractivity contribution in [3.05, 3.63) is 41.7 Å². The van der Waals surface area contributed by atoms with E-state index in [-0.39, 0.29) is 6.01 Å². The Balaban J connectivity index is 0.000000741. The number of aryl methyl sites for hydroxylation is 1. The van der Waals surface area contributed by atoms with Crippen LogP contribution >= 0.6 is 0 Å². The fourth-order valence-corrected chi connectivity index (χ4v) is 1.11. The van der Waals surface area contributed by atoms with E-state index in [1.165, 1.54) is 0 Å². The molecule has 0 amide bonds. The number of nitrogens with two attached hydrogens (primary N) is 1. The van der Waals surface area contributed by atoms with Crippen molar-refractivity contribution >= 4 is 11.9 Å². The minimum Gasteiger partial charge on any atom is -0.383 e. The molecule has 0 aliphatic carbocycles. The summed E-state index contributed by atoms with van der Waals surface area (Å²) in [4.78, 5) is 7.94. The van der Waals surface area contributed by atoms with Gasteiger partial charge in [-0.2, -0.15) is 9.98 Å². The molecule has 0 aliphatic rings. The molecular weight excluding hydrogens is 240 g/mol. The molecule has 0 atom stereocenters. The zero-order valence-electron chi connectivity index (χ0n) is 12.2. The molecule has 19 heavy (non-hydrogen) atoms. The number of rotatable bonds is 2. The van der Waals surface area contributed by atoms with E-state index in [0.29, 0.717) is 11.7 Å². The van der Waals surface area contributed by atoms with E-state index in [0.717, 1.165) is 5.56 Å². The van der Waals surface area contributed by atoms with E-state index in [1.807, 2.05) is 58.0 Å². The molecule has 2 rings (SSSR count). The van der Waals surface area contributed by atoms with E-state index in [2.05, 4.69) is 15.1 Å². The zero-order chi connectivity index (χ0) is 14.7. The van der Waals surface area contributed by atoms with Gasteiger partial charge in [0.1, 0.15) is 5.84 Å². The average molecular weight is 262 g/mol. The fourth-order valence-electron chi connectivity index (χ4n) is 1.11. The Hall–Kier alpha value is -2.17. The van der Waals surface area contributed by atoms with Crippen LogP contribution in [0.5, 0.6) is 0 Å². The second-order valence-electron chi connectivity index (χ2n) is 2.99. The molecule has 0 spiro atoms. The SMILES string of the molecule is CC.CC.Cc1noc(/N=C(\N)c2ccccc2)n1. The van der Waals surface area contributed by atoms with Gasteiger partial charge in [0, 0.05) is 5.56 Å². The summed E-state index contributed by atoms with van der Waals surface area (Å²) in [5.74, 6) is 0.897. The van der Waals surface area contributed by atoms with Crippen molar-refractivity contribution in [2.24, 2.45) is 10.7 Å². The monoisotopic (exact) mass is 262 g/mol. The molecule has 0 saturated heterocycles. The van der Waals surface area contributed by atoms with Gasteiger partial charge < -0.3 is 10.3 Å². The summed E-state index contributed by atoms with van der Waals surface area (Å²) < 4.78 is 4.83. The minimum atomic E-state index is 0.175. The summed E-state index contributed by atoms with van der Waals surface area (Å²) in [7, 11) is 0. The van der Waals surface area contributed by atoms with Crippen molar-refractivity contribution in [1.82, 2.24) is 10.1 Å². The number of aromatic nitrogens is 2. The summed E-state index contributed by atoms with van der Waals surface area (Å²) in [6.45, 7) is 9.72. The summed E-state index contributed by atoms with van der Waals surface area (Å²) in [5, 5.41) is 3.61. The third-order valence-corrected chi connectivity index (χ3v) is 1.80. The van der Waals surface area contributed by atoms with Gasteiger partial charge in [0.05, 0.1) is 0 Å². The molecule has 2 N–H and O–H groups in total. The van der Waals surface area contributed by atoms with Crippen LogP contribution in [0.2, 0.25) is 0 Å². The first kappa shape index (κ1) is 16.8. The van der Waals surface area contributed by atoms with Crippen LogP contribution in [0.4, 0.5) is 6.01 Å². The highest BCUT2D eigenvalue weighted by Crippen LogP contribution is 2.08. The smallest absolute Gasteiger partial charge is 0.349 e. The topological polar surface area (TPSA) is 77.3 Å². The highest BCUT2D eigenvalue weighted by molar-refractivity contribution is 5.98. The first-order chi connectivity index (χ1) is 9.25. The standard InChI is InChI=1S/C10H10N4O.2C2H6/c1-7-12-10(15-14-7)13-9(11)8-5-3-2-4-6-8;2*1-2/h2-6H,1H3,(H2,11,12,13,14);2*1-2H3. The Morgan fingerprint density at radius 2 is 1.68 bits per heavy atom. The third-order valence-electron chi connectivity index (χ3n) is 1.80. The Kier molecular flexibility index (Phi) is 8.70. The lowest BCUT2D eigenvalue weighted by molar-refractivity contribution is 0.423. The van der Waals surface area contributed by atoms with Gasteiger partial charge in [-0.25, -0.2) is 0 Å². The minimum absolute atomic E-state index is 0.175. The fraction of sp³-hybridized carbons (Fsp3) is 0.357. The van der Waals surface area contributed by atoms with Crippen molar-refractivity contribution in [1.29, 1.82) is 0 Å². The van der Waals surface area contributed by atoms with Crippen molar-refractivity contribution in [2.45, 2.75) is 34.6 Å². The molecular formula is C14H22N4O. The quantitative estimate of drug-likeness (QED) is 0.664. The Morgan fingerprint density at radius 1 is 1.11 bits per heavy atom. The number of benzene rings is 1. The molecule has 2 aromatic rings. The van der Waals surface area contributed by atoms with Crippen LogP contribution in [-0.2, 0) is 0 Å². The lowest BCUT2D eigenvalue weighted by atomic mass is 10.2. The number of hydrogen-bond donors (Lipinski definition) is 1. The maximum atomic E-state index is 5.76. The van der Waals surface area contributed by atoms with Gasteiger partial charge in [0.2, 0.25) is 0 Å². The van der Waals surface area contributed by atoms with Crippen molar-refractivity contribution in [2.75, 3.05) is 0 Å². The molecule has 1 aromatic carbocycles. The lowest BCUT2D eigenvalue weighted by Gasteiger charge is -1.96. The van der Waals surface area contributed by atoms with Crippen LogP contribution in [0, 0.1) is 6.92 Å². The number of nitrogens with zero attached hydrogens (tertiary/aromatic N) is 3. The summed E-state index contributed by atoms with van der Waals surface area (Å²) in [6, 6.07) is 9.58. The highest BCUT2D eigenvalue weighted by atomic mass is 16.5.